The number of hydrogen-bond acceptors (Lipinski definition) is 3. The van der Waals surface area contributed by atoms with Gasteiger partial charge in [0.15, 0.2) is 0 Å². The second-order valence-electron chi connectivity index (χ2n) is 4.63. The second-order valence-corrected chi connectivity index (χ2v) is 4.63. The Morgan fingerprint density at radius 2 is 2.16 bits per heavy atom. The van der Waals surface area contributed by atoms with Crippen molar-refractivity contribution in [3.05, 3.63) is 47.3 Å². The summed E-state index contributed by atoms with van der Waals surface area (Å²) >= 11 is 0. The summed E-state index contributed by atoms with van der Waals surface area (Å²) in [7, 11) is 0. The van der Waals surface area contributed by atoms with Crippen LogP contribution in [0.1, 0.15) is 21.5 Å². The molecule has 0 radical (unpaired) electrons. The van der Waals surface area contributed by atoms with Crippen molar-refractivity contribution >= 4 is 11.6 Å². The Morgan fingerprint density at radius 1 is 1.37 bits per heavy atom. The lowest BCUT2D eigenvalue weighted by molar-refractivity contribution is 0.0953. The van der Waals surface area contributed by atoms with Crippen LogP contribution in [-0.4, -0.2) is 22.2 Å². The van der Waals surface area contributed by atoms with Crippen LogP contribution in [-0.2, 0) is 6.54 Å². The van der Waals surface area contributed by atoms with E-state index in [1.807, 2.05) is 26.1 Å². The van der Waals surface area contributed by atoms with Crippen LogP contribution in [0.3, 0.4) is 0 Å². The van der Waals surface area contributed by atoms with E-state index in [1.54, 1.807) is 23.0 Å². The molecule has 1 amide bonds. The van der Waals surface area contributed by atoms with E-state index in [0.717, 1.165) is 11.1 Å². The molecule has 5 nitrogen and oxygen atoms in total. The van der Waals surface area contributed by atoms with Gasteiger partial charge in [-0.05, 0) is 37.1 Å². The zero-order valence-electron chi connectivity index (χ0n) is 11.2. The normalized spacial score (nSPS) is 10.4. The van der Waals surface area contributed by atoms with Crippen molar-refractivity contribution in [3.8, 4) is 0 Å². The van der Waals surface area contributed by atoms with E-state index in [2.05, 4.69) is 10.4 Å². The van der Waals surface area contributed by atoms with Gasteiger partial charge in [0.25, 0.3) is 5.91 Å². The molecular weight excluding hydrogens is 240 g/mol. The molecule has 2 aromatic rings. The maximum atomic E-state index is 12.0. The van der Waals surface area contributed by atoms with Crippen LogP contribution in [0.25, 0.3) is 0 Å². The number of aromatic nitrogens is 2. The summed E-state index contributed by atoms with van der Waals surface area (Å²) in [5, 5.41) is 6.99. The van der Waals surface area contributed by atoms with Crippen LogP contribution >= 0.6 is 0 Å². The molecule has 0 bridgehead atoms. The highest BCUT2D eigenvalue weighted by Gasteiger charge is 2.08. The average Bonchev–Trinajstić information content (AvgIpc) is 2.75. The highest BCUT2D eigenvalue weighted by atomic mass is 16.1. The van der Waals surface area contributed by atoms with E-state index < -0.39 is 0 Å². The van der Waals surface area contributed by atoms with Crippen molar-refractivity contribution in [2.24, 2.45) is 0 Å². The van der Waals surface area contributed by atoms with Gasteiger partial charge in [-0.2, -0.15) is 5.10 Å². The number of benzene rings is 1. The minimum Gasteiger partial charge on any atom is -0.398 e. The number of nitrogen functional groups attached to an aromatic ring is 1. The van der Waals surface area contributed by atoms with E-state index in [-0.39, 0.29) is 5.91 Å². The predicted octanol–water partition coefficient (Wildman–Crippen LogP) is 1.51. The third-order valence-corrected chi connectivity index (χ3v) is 2.84. The van der Waals surface area contributed by atoms with Crippen molar-refractivity contribution in [2.45, 2.75) is 20.4 Å². The number of hydrogen-bond donors (Lipinski definition) is 2. The van der Waals surface area contributed by atoms with E-state index >= 15 is 0 Å². The molecule has 1 aromatic heterocycles. The van der Waals surface area contributed by atoms with Crippen molar-refractivity contribution in [3.63, 3.8) is 0 Å². The molecular formula is C14H18N4O. The van der Waals surface area contributed by atoms with Gasteiger partial charge >= 0.3 is 0 Å². The fourth-order valence-corrected chi connectivity index (χ4v) is 1.86. The van der Waals surface area contributed by atoms with Crippen molar-refractivity contribution in [2.75, 3.05) is 12.3 Å². The van der Waals surface area contributed by atoms with Gasteiger partial charge in [0, 0.05) is 18.4 Å². The standard InChI is InChI=1S/C14H18N4O/c1-10-3-4-12(13(15)7-10)14(19)16-5-6-18-9-11(2)8-17-18/h3-4,7-9H,5-6,15H2,1-2H3,(H,16,19). The number of carbonyl (C=O) groups is 1. The molecule has 3 N–H and O–H groups in total. The zero-order chi connectivity index (χ0) is 13.8. The lowest BCUT2D eigenvalue weighted by Gasteiger charge is -2.08. The number of carbonyl (C=O) groups excluding carboxylic acids is 1. The van der Waals surface area contributed by atoms with E-state index in [4.69, 9.17) is 5.73 Å². The predicted molar refractivity (Wildman–Crippen MR) is 74.9 cm³/mol. The minimum atomic E-state index is -0.152. The molecule has 1 aromatic carbocycles. The van der Waals surface area contributed by atoms with Gasteiger partial charge in [-0.25, -0.2) is 0 Å². The van der Waals surface area contributed by atoms with E-state index in [1.165, 1.54) is 0 Å². The van der Waals surface area contributed by atoms with E-state index in [0.29, 0.717) is 24.3 Å². The number of aryl methyl sites for hydroxylation is 2. The fourth-order valence-electron chi connectivity index (χ4n) is 1.86. The number of amides is 1. The lowest BCUT2D eigenvalue weighted by atomic mass is 10.1. The minimum absolute atomic E-state index is 0.152. The van der Waals surface area contributed by atoms with Crippen LogP contribution in [0.15, 0.2) is 30.6 Å². The molecule has 2 rings (SSSR count). The smallest absolute Gasteiger partial charge is 0.253 e. The van der Waals surface area contributed by atoms with Crippen molar-refractivity contribution < 1.29 is 4.79 Å². The van der Waals surface area contributed by atoms with Crippen LogP contribution in [0.2, 0.25) is 0 Å². The molecule has 0 aliphatic heterocycles. The third-order valence-electron chi connectivity index (χ3n) is 2.84. The van der Waals surface area contributed by atoms with Gasteiger partial charge in [-0.3, -0.25) is 9.48 Å². The summed E-state index contributed by atoms with van der Waals surface area (Å²) in [6.07, 6.45) is 3.73. The maximum Gasteiger partial charge on any atom is 0.253 e. The molecule has 0 saturated carbocycles. The Balaban J connectivity index is 1.90. The Morgan fingerprint density at radius 3 is 2.79 bits per heavy atom. The first-order chi connectivity index (χ1) is 9.06. The topological polar surface area (TPSA) is 72.9 Å². The number of nitrogens with one attached hydrogen (secondary N) is 1. The van der Waals surface area contributed by atoms with Gasteiger partial charge in [0.1, 0.15) is 0 Å². The maximum absolute atomic E-state index is 12.0. The van der Waals surface area contributed by atoms with Gasteiger partial charge < -0.3 is 11.1 Å². The summed E-state index contributed by atoms with van der Waals surface area (Å²) in [5.41, 5.74) is 9.00. The first kappa shape index (κ1) is 13.1. The molecule has 0 aliphatic carbocycles. The summed E-state index contributed by atoms with van der Waals surface area (Å²) in [5.74, 6) is -0.152. The lowest BCUT2D eigenvalue weighted by Crippen LogP contribution is -2.28. The first-order valence-corrected chi connectivity index (χ1v) is 6.19. The molecule has 0 atom stereocenters. The SMILES string of the molecule is Cc1ccc(C(=O)NCCn2cc(C)cn2)c(N)c1. The summed E-state index contributed by atoms with van der Waals surface area (Å²) in [6.45, 7) is 5.09. The van der Waals surface area contributed by atoms with Crippen LogP contribution in [0, 0.1) is 13.8 Å². The molecule has 19 heavy (non-hydrogen) atoms. The molecule has 0 aliphatic rings. The van der Waals surface area contributed by atoms with E-state index in [9.17, 15) is 4.79 Å². The van der Waals surface area contributed by atoms with Crippen LogP contribution in [0.5, 0.6) is 0 Å². The van der Waals surface area contributed by atoms with Crippen LogP contribution < -0.4 is 11.1 Å². The molecule has 1 heterocycles. The monoisotopic (exact) mass is 258 g/mol. The average molecular weight is 258 g/mol. The highest BCUT2D eigenvalue weighted by Crippen LogP contribution is 2.13. The Labute approximate surface area is 112 Å². The second kappa shape index (κ2) is 5.56. The third kappa shape index (κ3) is 3.34. The molecule has 0 fully saturated rings. The largest absolute Gasteiger partial charge is 0.398 e. The van der Waals surface area contributed by atoms with Crippen LogP contribution in [0.4, 0.5) is 5.69 Å². The van der Waals surface area contributed by atoms with Crippen molar-refractivity contribution in [1.29, 1.82) is 0 Å². The van der Waals surface area contributed by atoms with Gasteiger partial charge in [-0.1, -0.05) is 6.07 Å². The number of anilines is 1. The quantitative estimate of drug-likeness (QED) is 0.816. The number of rotatable bonds is 4. The summed E-state index contributed by atoms with van der Waals surface area (Å²) in [4.78, 5) is 12.0. The molecule has 5 heteroatoms. The molecule has 0 saturated heterocycles. The Hall–Kier alpha value is -2.30. The van der Waals surface area contributed by atoms with Gasteiger partial charge in [0.2, 0.25) is 0 Å². The molecule has 100 valence electrons. The van der Waals surface area contributed by atoms with Gasteiger partial charge in [-0.15, -0.1) is 0 Å². The number of nitrogens with zero attached hydrogens (tertiary/aromatic N) is 2. The van der Waals surface area contributed by atoms with Gasteiger partial charge in [0.05, 0.1) is 18.3 Å². The number of nitrogens with two attached hydrogens (primary N) is 1. The highest BCUT2D eigenvalue weighted by molar-refractivity contribution is 5.99. The zero-order valence-corrected chi connectivity index (χ0v) is 11.2. The summed E-state index contributed by atoms with van der Waals surface area (Å²) in [6, 6.07) is 5.42. The molecule has 0 spiro atoms. The fraction of sp³-hybridized carbons (Fsp3) is 0.286. The Kier molecular flexibility index (Phi) is 3.85. The van der Waals surface area contributed by atoms with Crippen molar-refractivity contribution in [1.82, 2.24) is 15.1 Å². The molecule has 0 unspecified atom stereocenters. The summed E-state index contributed by atoms with van der Waals surface area (Å²) < 4.78 is 1.80. The Bertz CT molecular complexity index is 589. The first-order valence-electron chi connectivity index (χ1n) is 6.19.